The molecule has 0 saturated heterocycles. The van der Waals surface area contributed by atoms with Crippen molar-refractivity contribution in [1.82, 2.24) is 9.97 Å². The monoisotopic (exact) mass is 296 g/mol. The summed E-state index contributed by atoms with van der Waals surface area (Å²) in [6.45, 7) is 2.16. The molecule has 3 heterocycles. The van der Waals surface area contributed by atoms with Gasteiger partial charge in [0.1, 0.15) is 5.75 Å². The van der Waals surface area contributed by atoms with Crippen LogP contribution in [0, 0.1) is 0 Å². The fourth-order valence-electron chi connectivity index (χ4n) is 2.33. The number of ether oxygens (including phenoxy) is 1. The summed E-state index contributed by atoms with van der Waals surface area (Å²) in [5, 5.41) is 0. The molecule has 4 heteroatoms. The van der Waals surface area contributed by atoms with E-state index in [4.69, 9.17) is 4.74 Å². The van der Waals surface area contributed by atoms with Gasteiger partial charge in [0.15, 0.2) is 0 Å². The minimum absolute atomic E-state index is 0.848. The summed E-state index contributed by atoms with van der Waals surface area (Å²) in [6, 6.07) is 8.23. The van der Waals surface area contributed by atoms with E-state index in [9.17, 15) is 0 Å². The normalized spacial score (nSPS) is 10.6. The number of hydrogen-bond donors (Lipinski definition) is 0. The number of rotatable bonds is 4. The van der Waals surface area contributed by atoms with Crippen molar-refractivity contribution < 1.29 is 4.74 Å². The molecule has 106 valence electrons. The molecule has 0 unspecified atom stereocenters. The summed E-state index contributed by atoms with van der Waals surface area (Å²) in [7, 11) is 1.68. The minimum atomic E-state index is 0.848. The first-order valence-corrected chi connectivity index (χ1v) is 7.66. The van der Waals surface area contributed by atoms with Crippen LogP contribution in [0.1, 0.15) is 12.5 Å². The highest BCUT2D eigenvalue weighted by atomic mass is 32.1. The van der Waals surface area contributed by atoms with Gasteiger partial charge >= 0.3 is 0 Å². The highest BCUT2D eigenvalue weighted by Crippen LogP contribution is 2.38. The second-order valence-corrected chi connectivity index (χ2v) is 5.71. The third-order valence-electron chi connectivity index (χ3n) is 3.43. The molecule has 0 N–H and O–H groups in total. The molecular formula is C17H16N2OS. The van der Waals surface area contributed by atoms with Crippen molar-refractivity contribution in [3.8, 4) is 26.6 Å². The molecule has 0 radical (unpaired) electrons. The van der Waals surface area contributed by atoms with Crippen molar-refractivity contribution in [2.75, 3.05) is 7.11 Å². The average Bonchev–Trinajstić information content (AvgIpc) is 3.04. The summed E-state index contributed by atoms with van der Waals surface area (Å²) < 4.78 is 5.41. The average molecular weight is 296 g/mol. The first-order valence-electron chi connectivity index (χ1n) is 6.85. The Labute approximate surface area is 128 Å². The van der Waals surface area contributed by atoms with E-state index in [1.165, 1.54) is 16.0 Å². The van der Waals surface area contributed by atoms with Crippen LogP contribution in [0.4, 0.5) is 0 Å². The summed E-state index contributed by atoms with van der Waals surface area (Å²) in [5.74, 6) is 0.848. The Kier molecular flexibility index (Phi) is 3.97. The lowest BCUT2D eigenvalue weighted by Crippen LogP contribution is -1.87. The van der Waals surface area contributed by atoms with Gasteiger partial charge in [-0.15, -0.1) is 11.3 Å². The number of thiophene rings is 1. The van der Waals surface area contributed by atoms with Crippen LogP contribution in [-0.4, -0.2) is 17.1 Å². The Morgan fingerprint density at radius 1 is 0.952 bits per heavy atom. The third kappa shape index (κ3) is 2.67. The van der Waals surface area contributed by atoms with E-state index in [1.807, 2.05) is 24.7 Å². The molecule has 0 aromatic carbocycles. The number of hydrogen-bond acceptors (Lipinski definition) is 4. The lowest BCUT2D eigenvalue weighted by Gasteiger charge is -2.05. The summed E-state index contributed by atoms with van der Waals surface area (Å²) in [4.78, 5) is 10.8. The van der Waals surface area contributed by atoms with E-state index >= 15 is 0 Å². The zero-order valence-corrected chi connectivity index (χ0v) is 12.9. The summed E-state index contributed by atoms with van der Waals surface area (Å²) >= 11 is 1.74. The zero-order valence-electron chi connectivity index (χ0n) is 12.0. The van der Waals surface area contributed by atoms with Crippen molar-refractivity contribution in [3.63, 3.8) is 0 Å². The predicted molar refractivity (Wildman–Crippen MR) is 86.7 cm³/mol. The van der Waals surface area contributed by atoms with E-state index in [1.54, 1.807) is 24.6 Å². The quantitative estimate of drug-likeness (QED) is 0.713. The molecule has 3 nitrogen and oxygen atoms in total. The van der Waals surface area contributed by atoms with Crippen LogP contribution >= 0.6 is 11.3 Å². The molecule has 0 aliphatic carbocycles. The smallest absolute Gasteiger partial charge is 0.130 e. The standard InChI is InChI=1S/C17H16N2OS/c1-3-12-6-8-18-10-13(12)16-4-5-17(21-16)14-11-19-9-7-15(14)20-2/h4-11H,3H2,1-2H3. The molecule has 0 fully saturated rings. The largest absolute Gasteiger partial charge is 0.496 e. The first-order chi connectivity index (χ1) is 10.3. The number of aryl methyl sites for hydroxylation is 1. The van der Waals surface area contributed by atoms with Gasteiger partial charge < -0.3 is 4.74 Å². The van der Waals surface area contributed by atoms with Gasteiger partial charge in [-0.05, 0) is 36.2 Å². The number of pyridine rings is 2. The Bertz CT molecular complexity index is 690. The second-order valence-electron chi connectivity index (χ2n) is 4.63. The molecule has 0 aliphatic rings. The Morgan fingerprint density at radius 3 is 2.33 bits per heavy atom. The Morgan fingerprint density at radius 2 is 1.62 bits per heavy atom. The second kappa shape index (κ2) is 6.06. The summed E-state index contributed by atoms with van der Waals surface area (Å²) in [5.41, 5.74) is 3.55. The van der Waals surface area contributed by atoms with Gasteiger partial charge in [0.05, 0.1) is 12.7 Å². The third-order valence-corrected chi connectivity index (χ3v) is 4.58. The molecular weight excluding hydrogens is 280 g/mol. The lowest BCUT2D eigenvalue weighted by molar-refractivity contribution is 0.416. The van der Waals surface area contributed by atoms with Crippen molar-refractivity contribution in [3.05, 3.63) is 54.6 Å². The van der Waals surface area contributed by atoms with Crippen molar-refractivity contribution in [1.29, 1.82) is 0 Å². The van der Waals surface area contributed by atoms with Gasteiger partial charge in [-0.1, -0.05) is 6.92 Å². The molecule has 3 rings (SSSR count). The zero-order chi connectivity index (χ0) is 14.7. The highest BCUT2D eigenvalue weighted by Gasteiger charge is 2.11. The minimum Gasteiger partial charge on any atom is -0.496 e. The molecule has 3 aromatic rings. The van der Waals surface area contributed by atoms with Gasteiger partial charge in [-0.3, -0.25) is 9.97 Å². The molecule has 0 saturated carbocycles. The van der Waals surface area contributed by atoms with E-state index in [-0.39, 0.29) is 0 Å². The SMILES string of the molecule is CCc1ccncc1-c1ccc(-c2cnccc2OC)s1. The van der Waals surface area contributed by atoms with E-state index in [0.717, 1.165) is 22.6 Å². The van der Waals surface area contributed by atoms with Gasteiger partial charge in [-0.25, -0.2) is 0 Å². The van der Waals surface area contributed by atoms with Crippen LogP contribution in [-0.2, 0) is 6.42 Å². The first kappa shape index (κ1) is 13.8. The fraction of sp³-hybridized carbons (Fsp3) is 0.176. The predicted octanol–water partition coefficient (Wildman–Crippen LogP) is 4.44. The van der Waals surface area contributed by atoms with Crippen molar-refractivity contribution >= 4 is 11.3 Å². The van der Waals surface area contributed by atoms with Gasteiger partial charge in [-0.2, -0.15) is 0 Å². The van der Waals surface area contributed by atoms with Gasteiger partial charge in [0.25, 0.3) is 0 Å². The number of methoxy groups -OCH3 is 1. The van der Waals surface area contributed by atoms with E-state index in [2.05, 4.69) is 35.1 Å². The summed E-state index contributed by atoms with van der Waals surface area (Å²) in [6.07, 6.45) is 8.38. The topological polar surface area (TPSA) is 35.0 Å². The molecule has 0 amide bonds. The van der Waals surface area contributed by atoms with Crippen LogP contribution in [0.15, 0.2) is 49.1 Å². The fourth-order valence-corrected chi connectivity index (χ4v) is 3.39. The van der Waals surface area contributed by atoms with E-state index < -0.39 is 0 Å². The highest BCUT2D eigenvalue weighted by molar-refractivity contribution is 7.18. The van der Waals surface area contributed by atoms with Crippen LogP contribution < -0.4 is 4.74 Å². The molecule has 21 heavy (non-hydrogen) atoms. The Balaban J connectivity index is 2.04. The van der Waals surface area contributed by atoms with Crippen molar-refractivity contribution in [2.24, 2.45) is 0 Å². The van der Waals surface area contributed by atoms with Crippen molar-refractivity contribution in [2.45, 2.75) is 13.3 Å². The molecule has 3 aromatic heterocycles. The molecule has 0 spiro atoms. The van der Waals surface area contributed by atoms with Crippen LogP contribution in [0.5, 0.6) is 5.75 Å². The van der Waals surface area contributed by atoms with Crippen LogP contribution in [0.3, 0.4) is 0 Å². The maximum Gasteiger partial charge on any atom is 0.130 e. The lowest BCUT2D eigenvalue weighted by atomic mass is 10.1. The number of aromatic nitrogens is 2. The van der Waals surface area contributed by atoms with Crippen LogP contribution in [0.2, 0.25) is 0 Å². The number of nitrogens with zero attached hydrogens (tertiary/aromatic N) is 2. The maximum absolute atomic E-state index is 5.41. The molecule has 0 atom stereocenters. The molecule has 0 aliphatic heterocycles. The van der Waals surface area contributed by atoms with Gasteiger partial charge in [0.2, 0.25) is 0 Å². The molecule has 0 bridgehead atoms. The van der Waals surface area contributed by atoms with Crippen LogP contribution in [0.25, 0.3) is 20.9 Å². The van der Waals surface area contributed by atoms with Gasteiger partial charge in [0, 0.05) is 40.1 Å². The van der Waals surface area contributed by atoms with E-state index in [0.29, 0.717) is 0 Å². The maximum atomic E-state index is 5.41. The Hall–Kier alpha value is -2.20.